The predicted octanol–water partition coefficient (Wildman–Crippen LogP) is 3.38. The lowest BCUT2D eigenvalue weighted by Gasteiger charge is -2.03. The summed E-state index contributed by atoms with van der Waals surface area (Å²) in [6.07, 6.45) is 0.599. The molecule has 0 atom stereocenters. The maximum atomic E-state index is 11.1. The van der Waals surface area contributed by atoms with E-state index >= 15 is 0 Å². The van der Waals surface area contributed by atoms with E-state index in [9.17, 15) is 4.79 Å². The lowest BCUT2D eigenvalue weighted by molar-refractivity contribution is -0.114. The van der Waals surface area contributed by atoms with Crippen LogP contribution in [0.2, 0.25) is 0 Å². The average Bonchev–Trinajstić information content (AvgIpc) is 2.80. The van der Waals surface area contributed by atoms with Crippen LogP contribution in [0.15, 0.2) is 52.9 Å². The molecule has 4 nitrogen and oxygen atoms in total. The molecular formula is C16H14N2O2. The summed E-state index contributed by atoms with van der Waals surface area (Å²) < 4.78 is 5.69. The van der Waals surface area contributed by atoms with Gasteiger partial charge in [0.25, 0.3) is 0 Å². The molecule has 0 spiro atoms. The fraction of sp³-hybridized carbons (Fsp3) is 0.125. The van der Waals surface area contributed by atoms with E-state index in [1.165, 1.54) is 6.92 Å². The van der Waals surface area contributed by atoms with Gasteiger partial charge in [-0.2, -0.15) is 0 Å². The Hall–Kier alpha value is -2.62. The van der Waals surface area contributed by atoms with Crippen LogP contribution < -0.4 is 5.32 Å². The van der Waals surface area contributed by atoms with E-state index in [0.29, 0.717) is 12.3 Å². The molecule has 1 N–H and O–H groups in total. The molecule has 1 amide bonds. The van der Waals surface area contributed by atoms with Gasteiger partial charge in [0, 0.05) is 19.0 Å². The van der Waals surface area contributed by atoms with Crippen molar-refractivity contribution in [2.24, 2.45) is 0 Å². The molecule has 0 bridgehead atoms. The summed E-state index contributed by atoms with van der Waals surface area (Å²) in [7, 11) is 0. The van der Waals surface area contributed by atoms with Crippen molar-refractivity contribution in [1.29, 1.82) is 0 Å². The topological polar surface area (TPSA) is 55.1 Å². The zero-order chi connectivity index (χ0) is 13.9. The SMILES string of the molecule is CC(=O)Nc1cccc(Cc2nc3ccccc3o2)c1. The molecule has 2 aromatic carbocycles. The molecular weight excluding hydrogens is 252 g/mol. The summed E-state index contributed by atoms with van der Waals surface area (Å²) in [6.45, 7) is 1.49. The Labute approximate surface area is 116 Å². The largest absolute Gasteiger partial charge is 0.440 e. The van der Waals surface area contributed by atoms with Crippen molar-refractivity contribution in [3.05, 3.63) is 60.0 Å². The van der Waals surface area contributed by atoms with E-state index < -0.39 is 0 Å². The number of nitrogens with zero attached hydrogens (tertiary/aromatic N) is 1. The van der Waals surface area contributed by atoms with Crippen LogP contribution in [0, 0.1) is 0 Å². The molecule has 0 aliphatic rings. The van der Waals surface area contributed by atoms with Crippen LogP contribution in [0.1, 0.15) is 18.4 Å². The van der Waals surface area contributed by atoms with Crippen LogP contribution >= 0.6 is 0 Å². The van der Waals surface area contributed by atoms with Crippen molar-refractivity contribution >= 4 is 22.7 Å². The number of carbonyl (C=O) groups is 1. The van der Waals surface area contributed by atoms with Gasteiger partial charge in [0.2, 0.25) is 5.91 Å². The Morgan fingerprint density at radius 3 is 2.85 bits per heavy atom. The van der Waals surface area contributed by atoms with Crippen molar-refractivity contribution in [2.45, 2.75) is 13.3 Å². The van der Waals surface area contributed by atoms with Crippen LogP contribution in [0.5, 0.6) is 0 Å². The number of oxazole rings is 1. The molecule has 3 aromatic rings. The van der Waals surface area contributed by atoms with Crippen molar-refractivity contribution in [3.8, 4) is 0 Å². The first-order valence-electron chi connectivity index (χ1n) is 6.42. The first-order chi connectivity index (χ1) is 9.70. The molecule has 0 aliphatic heterocycles. The Morgan fingerprint density at radius 2 is 2.05 bits per heavy atom. The van der Waals surface area contributed by atoms with Crippen LogP contribution in [0.3, 0.4) is 0 Å². The van der Waals surface area contributed by atoms with E-state index in [0.717, 1.165) is 22.4 Å². The maximum absolute atomic E-state index is 11.1. The van der Waals surface area contributed by atoms with Gasteiger partial charge in [0.1, 0.15) is 5.52 Å². The summed E-state index contributed by atoms with van der Waals surface area (Å²) in [5, 5.41) is 2.77. The second-order valence-electron chi connectivity index (χ2n) is 4.63. The fourth-order valence-corrected chi connectivity index (χ4v) is 2.13. The standard InChI is InChI=1S/C16H14N2O2/c1-11(19)17-13-6-4-5-12(9-13)10-16-18-14-7-2-3-8-15(14)20-16/h2-9H,10H2,1H3,(H,17,19). The van der Waals surface area contributed by atoms with Crippen molar-refractivity contribution in [1.82, 2.24) is 4.98 Å². The molecule has 100 valence electrons. The van der Waals surface area contributed by atoms with Gasteiger partial charge in [0.05, 0.1) is 0 Å². The minimum Gasteiger partial charge on any atom is -0.440 e. The van der Waals surface area contributed by atoms with Crippen molar-refractivity contribution in [2.75, 3.05) is 5.32 Å². The summed E-state index contributed by atoms with van der Waals surface area (Å²) in [4.78, 5) is 15.5. The molecule has 3 rings (SSSR count). The Balaban J connectivity index is 1.85. The molecule has 20 heavy (non-hydrogen) atoms. The summed E-state index contributed by atoms with van der Waals surface area (Å²) in [6, 6.07) is 15.4. The van der Waals surface area contributed by atoms with E-state index in [4.69, 9.17) is 4.42 Å². The fourth-order valence-electron chi connectivity index (χ4n) is 2.13. The number of para-hydroxylation sites is 2. The number of benzene rings is 2. The van der Waals surface area contributed by atoms with Gasteiger partial charge in [-0.1, -0.05) is 24.3 Å². The molecule has 0 saturated heterocycles. The highest BCUT2D eigenvalue weighted by atomic mass is 16.3. The van der Waals surface area contributed by atoms with E-state index in [-0.39, 0.29) is 5.91 Å². The Morgan fingerprint density at radius 1 is 1.20 bits per heavy atom. The molecule has 0 radical (unpaired) electrons. The van der Waals surface area contributed by atoms with E-state index in [2.05, 4.69) is 10.3 Å². The zero-order valence-corrected chi connectivity index (χ0v) is 11.1. The van der Waals surface area contributed by atoms with E-state index in [1.807, 2.05) is 48.5 Å². The third-order valence-corrected chi connectivity index (χ3v) is 2.94. The number of aromatic nitrogens is 1. The number of carbonyl (C=O) groups excluding carboxylic acids is 1. The second kappa shape index (κ2) is 5.17. The number of hydrogen-bond acceptors (Lipinski definition) is 3. The maximum Gasteiger partial charge on any atom is 0.221 e. The number of rotatable bonds is 3. The Bertz CT molecular complexity index is 729. The van der Waals surface area contributed by atoms with Gasteiger partial charge < -0.3 is 9.73 Å². The number of hydrogen-bond donors (Lipinski definition) is 1. The molecule has 1 aromatic heterocycles. The Kier molecular flexibility index (Phi) is 3.21. The van der Waals surface area contributed by atoms with E-state index in [1.54, 1.807) is 0 Å². The summed E-state index contributed by atoms with van der Waals surface area (Å²) in [5.41, 5.74) is 3.48. The smallest absolute Gasteiger partial charge is 0.221 e. The molecule has 0 fully saturated rings. The highest BCUT2D eigenvalue weighted by Crippen LogP contribution is 2.19. The lowest BCUT2D eigenvalue weighted by Crippen LogP contribution is -2.05. The van der Waals surface area contributed by atoms with Gasteiger partial charge >= 0.3 is 0 Å². The van der Waals surface area contributed by atoms with Crippen LogP contribution in [0.25, 0.3) is 11.1 Å². The monoisotopic (exact) mass is 266 g/mol. The highest BCUT2D eigenvalue weighted by Gasteiger charge is 2.06. The van der Waals surface area contributed by atoms with Crippen molar-refractivity contribution in [3.63, 3.8) is 0 Å². The van der Waals surface area contributed by atoms with Crippen LogP contribution in [0.4, 0.5) is 5.69 Å². The third-order valence-electron chi connectivity index (χ3n) is 2.94. The van der Waals surface area contributed by atoms with Gasteiger partial charge in [-0.25, -0.2) is 4.98 Å². The number of nitrogens with one attached hydrogen (secondary N) is 1. The first kappa shape index (κ1) is 12.4. The van der Waals surface area contributed by atoms with Crippen molar-refractivity contribution < 1.29 is 9.21 Å². The van der Waals surface area contributed by atoms with Gasteiger partial charge in [-0.15, -0.1) is 0 Å². The van der Waals surface area contributed by atoms with Gasteiger partial charge in [-0.3, -0.25) is 4.79 Å². The second-order valence-corrected chi connectivity index (χ2v) is 4.63. The van der Waals surface area contributed by atoms with Gasteiger partial charge in [-0.05, 0) is 29.8 Å². The molecule has 0 saturated carbocycles. The summed E-state index contributed by atoms with van der Waals surface area (Å²) >= 11 is 0. The summed E-state index contributed by atoms with van der Waals surface area (Å²) in [5.74, 6) is 0.593. The third kappa shape index (κ3) is 2.69. The zero-order valence-electron chi connectivity index (χ0n) is 11.1. The van der Waals surface area contributed by atoms with Crippen LogP contribution in [-0.2, 0) is 11.2 Å². The quantitative estimate of drug-likeness (QED) is 0.790. The molecule has 4 heteroatoms. The lowest BCUT2D eigenvalue weighted by atomic mass is 10.1. The minimum atomic E-state index is -0.0796. The normalized spacial score (nSPS) is 10.7. The number of amides is 1. The number of anilines is 1. The minimum absolute atomic E-state index is 0.0796. The van der Waals surface area contributed by atoms with Gasteiger partial charge in [0.15, 0.2) is 11.5 Å². The molecule has 0 aliphatic carbocycles. The number of fused-ring (bicyclic) bond motifs is 1. The highest BCUT2D eigenvalue weighted by molar-refractivity contribution is 5.88. The molecule has 1 heterocycles. The average molecular weight is 266 g/mol. The first-order valence-corrected chi connectivity index (χ1v) is 6.42. The van der Waals surface area contributed by atoms with Crippen LogP contribution in [-0.4, -0.2) is 10.9 Å². The predicted molar refractivity (Wildman–Crippen MR) is 77.6 cm³/mol. The molecule has 0 unspecified atom stereocenters.